The van der Waals surface area contributed by atoms with Gasteiger partial charge in [0, 0.05) is 6.20 Å². The number of nitrogens with zero attached hydrogens (tertiary/aromatic N) is 1. The number of hydrogen-bond donors (Lipinski definition) is 1. The third-order valence-electron chi connectivity index (χ3n) is 3.64. The molecule has 2 rings (SSSR count). The SMILES string of the molecule is CC1(C)CCC(O)(c2cnc(C(F)(F)F)s2)CC1. The lowest BCUT2D eigenvalue weighted by Gasteiger charge is -2.39. The van der Waals surface area contributed by atoms with E-state index in [-0.39, 0.29) is 5.41 Å². The highest BCUT2D eigenvalue weighted by Crippen LogP contribution is 2.47. The van der Waals surface area contributed by atoms with Crippen LogP contribution in [0.15, 0.2) is 6.20 Å². The predicted octanol–water partition coefficient (Wildman–Crippen LogP) is 3.95. The second-order valence-electron chi connectivity index (χ2n) is 5.72. The summed E-state index contributed by atoms with van der Waals surface area (Å²) in [6, 6.07) is 0. The van der Waals surface area contributed by atoms with Crippen LogP contribution in [0.5, 0.6) is 0 Å². The second kappa shape index (κ2) is 4.20. The monoisotopic (exact) mass is 279 g/mol. The Balaban J connectivity index is 2.19. The van der Waals surface area contributed by atoms with Gasteiger partial charge >= 0.3 is 6.18 Å². The van der Waals surface area contributed by atoms with Crippen molar-refractivity contribution in [1.29, 1.82) is 0 Å². The molecule has 1 N–H and O–H groups in total. The van der Waals surface area contributed by atoms with Crippen LogP contribution in [-0.4, -0.2) is 10.1 Å². The fourth-order valence-corrected chi connectivity index (χ4v) is 3.14. The third kappa shape index (κ3) is 2.69. The van der Waals surface area contributed by atoms with Crippen molar-refractivity contribution in [2.45, 2.75) is 51.3 Å². The average Bonchev–Trinajstić information content (AvgIpc) is 2.72. The lowest BCUT2D eigenvalue weighted by Crippen LogP contribution is -2.33. The standard InChI is InChI=1S/C12H16F3NOS/c1-10(2)3-5-11(17,6-4-10)8-7-16-9(18-8)12(13,14)15/h7,17H,3-6H2,1-2H3. The summed E-state index contributed by atoms with van der Waals surface area (Å²) < 4.78 is 37.4. The molecule has 6 heteroatoms. The molecule has 1 heterocycles. The predicted molar refractivity (Wildman–Crippen MR) is 63.3 cm³/mol. The zero-order valence-electron chi connectivity index (χ0n) is 10.3. The fourth-order valence-electron chi connectivity index (χ4n) is 2.21. The van der Waals surface area contributed by atoms with Gasteiger partial charge in [-0.3, -0.25) is 0 Å². The Bertz CT molecular complexity index is 429. The highest BCUT2D eigenvalue weighted by Gasteiger charge is 2.42. The fraction of sp³-hybridized carbons (Fsp3) is 0.750. The topological polar surface area (TPSA) is 33.1 Å². The van der Waals surface area contributed by atoms with Crippen molar-refractivity contribution in [2.75, 3.05) is 0 Å². The first-order valence-corrected chi connectivity index (χ1v) is 6.70. The average molecular weight is 279 g/mol. The Morgan fingerprint density at radius 3 is 2.22 bits per heavy atom. The lowest BCUT2D eigenvalue weighted by molar-refractivity contribution is -0.137. The maximum absolute atomic E-state index is 12.5. The van der Waals surface area contributed by atoms with Crippen molar-refractivity contribution in [3.05, 3.63) is 16.1 Å². The zero-order chi connectivity index (χ0) is 13.6. The van der Waals surface area contributed by atoms with Crippen LogP contribution in [0.2, 0.25) is 0 Å². The van der Waals surface area contributed by atoms with Crippen LogP contribution >= 0.6 is 11.3 Å². The lowest BCUT2D eigenvalue weighted by atomic mass is 9.70. The molecular formula is C12H16F3NOS. The van der Waals surface area contributed by atoms with Crippen molar-refractivity contribution < 1.29 is 18.3 Å². The van der Waals surface area contributed by atoms with E-state index in [4.69, 9.17) is 0 Å². The molecule has 0 aromatic carbocycles. The molecule has 0 spiro atoms. The van der Waals surface area contributed by atoms with E-state index >= 15 is 0 Å². The van der Waals surface area contributed by atoms with Gasteiger partial charge < -0.3 is 5.11 Å². The van der Waals surface area contributed by atoms with Crippen molar-refractivity contribution in [3.63, 3.8) is 0 Å². The van der Waals surface area contributed by atoms with Crippen LogP contribution < -0.4 is 0 Å². The minimum Gasteiger partial charge on any atom is -0.384 e. The molecule has 2 nitrogen and oxygen atoms in total. The number of thiazole rings is 1. The highest BCUT2D eigenvalue weighted by atomic mass is 32.1. The molecule has 0 aliphatic heterocycles. The van der Waals surface area contributed by atoms with Crippen LogP contribution in [0.3, 0.4) is 0 Å². The van der Waals surface area contributed by atoms with Crippen molar-refractivity contribution in [1.82, 2.24) is 4.98 Å². The molecule has 0 atom stereocenters. The molecule has 0 amide bonds. The van der Waals surface area contributed by atoms with Crippen molar-refractivity contribution in [3.8, 4) is 0 Å². The van der Waals surface area contributed by atoms with Crippen molar-refractivity contribution >= 4 is 11.3 Å². The Morgan fingerprint density at radius 1 is 1.22 bits per heavy atom. The minimum atomic E-state index is -4.42. The maximum Gasteiger partial charge on any atom is 0.443 e. The van der Waals surface area contributed by atoms with Gasteiger partial charge in [-0.1, -0.05) is 13.8 Å². The summed E-state index contributed by atoms with van der Waals surface area (Å²) in [6.07, 6.45) is -0.635. The largest absolute Gasteiger partial charge is 0.443 e. The Labute approximate surface area is 108 Å². The number of aliphatic hydroxyl groups is 1. The quantitative estimate of drug-likeness (QED) is 0.844. The van der Waals surface area contributed by atoms with E-state index in [1.807, 2.05) is 0 Å². The third-order valence-corrected chi connectivity index (χ3v) is 4.87. The molecule has 0 unspecified atom stereocenters. The first kappa shape index (κ1) is 13.8. The smallest absolute Gasteiger partial charge is 0.384 e. The van der Waals surface area contributed by atoms with E-state index in [9.17, 15) is 18.3 Å². The van der Waals surface area contributed by atoms with Crippen LogP contribution in [0.25, 0.3) is 0 Å². The first-order chi connectivity index (χ1) is 8.12. The van der Waals surface area contributed by atoms with E-state index in [0.29, 0.717) is 29.1 Å². The summed E-state index contributed by atoms with van der Waals surface area (Å²) in [6.45, 7) is 4.22. The Kier molecular flexibility index (Phi) is 3.22. The van der Waals surface area contributed by atoms with Gasteiger partial charge in [0.15, 0.2) is 5.01 Å². The normalized spacial score (nSPS) is 23.0. The molecule has 102 valence electrons. The van der Waals surface area contributed by atoms with Crippen molar-refractivity contribution in [2.24, 2.45) is 5.41 Å². The second-order valence-corrected chi connectivity index (χ2v) is 6.75. The van der Waals surface area contributed by atoms with Gasteiger partial charge in [0.25, 0.3) is 0 Å². The molecule has 1 aromatic heterocycles. The van der Waals surface area contributed by atoms with Gasteiger partial charge in [-0.2, -0.15) is 13.2 Å². The number of aromatic nitrogens is 1. The molecule has 1 aromatic rings. The van der Waals surface area contributed by atoms with E-state index < -0.39 is 16.8 Å². The molecule has 0 bridgehead atoms. The van der Waals surface area contributed by atoms with Gasteiger partial charge in [0.2, 0.25) is 0 Å². The Morgan fingerprint density at radius 2 is 1.78 bits per heavy atom. The molecular weight excluding hydrogens is 263 g/mol. The molecule has 0 radical (unpaired) electrons. The van der Waals surface area contributed by atoms with Crippen LogP contribution in [-0.2, 0) is 11.8 Å². The highest BCUT2D eigenvalue weighted by molar-refractivity contribution is 7.11. The van der Waals surface area contributed by atoms with Gasteiger partial charge in [-0.05, 0) is 31.1 Å². The van der Waals surface area contributed by atoms with Crippen LogP contribution in [0, 0.1) is 5.41 Å². The van der Waals surface area contributed by atoms with E-state index in [2.05, 4.69) is 18.8 Å². The summed E-state index contributed by atoms with van der Waals surface area (Å²) >= 11 is 0.559. The molecule has 1 aliphatic carbocycles. The van der Waals surface area contributed by atoms with Gasteiger partial charge in [0.1, 0.15) is 5.60 Å². The maximum atomic E-state index is 12.5. The minimum absolute atomic E-state index is 0.157. The van der Waals surface area contributed by atoms with Crippen LogP contribution in [0.4, 0.5) is 13.2 Å². The summed E-state index contributed by atoms with van der Waals surface area (Å²) in [4.78, 5) is 3.72. The number of rotatable bonds is 1. The number of halogens is 3. The summed E-state index contributed by atoms with van der Waals surface area (Å²) in [7, 11) is 0. The molecule has 1 aliphatic rings. The first-order valence-electron chi connectivity index (χ1n) is 5.88. The molecule has 18 heavy (non-hydrogen) atoms. The van der Waals surface area contributed by atoms with E-state index in [0.717, 1.165) is 12.8 Å². The summed E-state index contributed by atoms with van der Waals surface area (Å²) in [5.41, 5.74) is -0.972. The van der Waals surface area contributed by atoms with Crippen LogP contribution in [0.1, 0.15) is 49.4 Å². The van der Waals surface area contributed by atoms with E-state index in [1.54, 1.807) is 0 Å². The van der Waals surface area contributed by atoms with E-state index in [1.165, 1.54) is 6.20 Å². The Hall–Kier alpha value is -0.620. The summed E-state index contributed by atoms with van der Waals surface area (Å²) in [5.74, 6) is 0. The molecule has 1 saturated carbocycles. The summed E-state index contributed by atoms with van der Waals surface area (Å²) in [5, 5.41) is 9.58. The van der Waals surface area contributed by atoms with Gasteiger partial charge in [0.05, 0.1) is 4.88 Å². The zero-order valence-corrected chi connectivity index (χ0v) is 11.2. The van der Waals surface area contributed by atoms with Gasteiger partial charge in [-0.25, -0.2) is 4.98 Å². The molecule has 1 fully saturated rings. The number of hydrogen-bond acceptors (Lipinski definition) is 3. The number of alkyl halides is 3. The van der Waals surface area contributed by atoms with Gasteiger partial charge in [-0.15, -0.1) is 11.3 Å². The molecule has 0 saturated heterocycles.